The average Bonchev–Trinajstić information content (AvgIpc) is 2.83. The lowest BCUT2D eigenvalue weighted by molar-refractivity contribution is -0.128. The molecule has 0 spiro atoms. The van der Waals surface area contributed by atoms with E-state index >= 15 is 0 Å². The van der Waals surface area contributed by atoms with Crippen LogP contribution in [0.1, 0.15) is 51.9 Å². The van der Waals surface area contributed by atoms with Crippen molar-refractivity contribution in [1.29, 1.82) is 0 Å². The van der Waals surface area contributed by atoms with Gasteiger partial charge < -0.3 is 16.2 Å². The molecule has 0 aromatic rings. The first-order valence-corrected chi connectivity index (χ1v) is 7.73. The van der Waals surface area contributed by atoms with Crippen LogP contribution in [0.4, 0.5) is 0 Å². The Bertz CT molecular complexity index is 321. The normalized spacial score (nSPS) is 39.2. The van der Waals surface area contributed by atoms with Crippen LogP contribution in [0.3, 0.4) is 0 Å². The minimum absolute atomic E-state index is 0.0163. The molecule has 0 heterocycles. The molecular weight excluding hydrogens is 240 g/mol. The van der Waals surface area contributed by atoms with Gasteiger partial charge >= 0.3 is 0 Å². The molecule has 4 heteroatoms. The highest BCUT2D eigenvalue weighted by Crippen LogP contribution is 2.32. The molecule has 4 N–H and O–H groups in total. The van der Waals surface area contributed by atoms with E-state index in [2.05, 4.69) is 12.2 Å². The molecule has 0 aromatic heterocycles. The summed E-state index contributed by atoms with van der Waals surface area (Å²) in [6.45, 7) is 3.09. The van der Waals surface area contributed by atoms with Crippen LogP contribution in [0.15, 0.2) is 0 Å². The first-order valence-electron chi connectivity index (χ1n) is 7.73. The second-order valence-electron chi connectivity index (χ2n) is 6.70. The number of rotatable bonds is 4. The summed E-state index contributed by atoms with van der Waals surface area (Å²) in [5.41, 5.74) is 5.62. The molecule has 1 amide bonds. The Morgan fingerprint density at radius 3 is 2.74 bits per heavy atom. The zero-order valence-corrected chi connectivity index (χ0v) is 12.0. The maximum absolute atomic E-state index is 12.3. The van der Waals surface area contributed by atoms with Crippen molar-refractivity contribution < 1.29 is 9.90 Å². The Hall–Kier alpha value is -0.610. The standard InChI is InChI=1S/C15H28N2O2/c1-11-4-3-7-15(16,8-11)14(19)17-9-12-5-2-6-13(12)10-18/h11-13,18H,2-10,16H2,1H3,(H,17,19). The van der Waals surface area contributed by atoms with Gasteiger partial charge in [-0.05, 0) is 43.4 Å². The Balaban J connectivity index is 1.83. The smallest absolute Gasteiger partial charge is 0.240 e. The number of amides is 1. The molecule has 2 fully saturated rings. The van der Waals surface area contributed by atoms with Crippen molar-refractivity contribution in [3.63, 3.8) is 0 Å². The van der Waals surface area contributed by atoms with E-state index in [-0.39, 0.29) is 12.5 Å². The number of nitrogens with two attached hydrogens (primary N) is 1. The summed E-state index contributed by atoms with van der Waals surface area (Å²) in [6.07, 6.45) is 7.19. The number of hydrogen-bond acceptors (Lipinski definition) is 3. The van der Waals surface area contributed by atoms with Gasteiger partial charge in [0, 0.05) is 13.2 Å². The van der Waals surface area contributed by atoms with Crippen LogP contribution in [0.25, 0.3) is 0 Å². The van der Waals surface area contributed by atoms with E-state index in [4.69, 9.17) is 5.73 Å². The van der Waals surface area contributed by atoms with Gasteiger partial charge in [0.15, 0.2) is 0 Å². The minimum atomic E-state index is -0.662. The third-order valence-corrected chi connectivity index (χ3v) is 5.06. The fourth-order valence-corrected chi connectivity index (χ4v) is 3.82. The van der Waals surface area contributed by atoms with Crippen molar-refractivity contribution in [2.75, 3.05) is 13.2 Å². The van der Waals surface area contributed by atoms with Crippen LogP contribution in [0, 0.1) is 17.8 Å². The molecule has 0 radical (unpaired) electrons. The third-order valence-electron chi connectivity index (χ3n) is 5.06. The van der Waals surface area contributed by atoms with Gasteiger partial charge in [-0.25, -0.2) is 0 Å². The van der Waals surface area contributed by atoms with Crippen molar-refractivity contribution in [3.8, 4) is 0 Å². The number of nitrogens with one attached hydrogen (secondary N) is 1. The second kappa shape index (κ2) is 6.23. The van der Waals surface area contributed by atoms with Crippen molar-refractivity contribution in [1.82, 2.24) is 5.32 Å². The quantitative estimate of drug-likeness (QED) is 0.722. The van der Waals surface area contributed by atoms with E-state index in [0.29, 0.717) is 24.3 Å². The maximum atomic E-state index is 12.3. The van der Waals surface area contributed by atoms with Gasteiger partial charge in [-0.3, -0.25) is 4.79 Å². The summed E-state index contributed by atoms with van der Waals surface area (Å²) in [7, 11) is 0. The Labute approximate surface area is 116 Å². The number of aliphatic hydroxyl groups is 1. The number of aliphatic hydroxyl groups excluding tert-OH is 1. The average molecular weight is 268 g/mol. The van der Waals surface area contributed by atoms with Gasteiger partial charge in [0.25, 0.3) is 0 Å². The van der Waals surface area contributed by atoms with E-state index in [1.807, 2.05) is 0 Å². The largest absolute Gasteiger partial charge is 0.396 e. The fraction of sp³-hybridized carbons (Fsp3) is 0.933. The van der Waals surface area contributed by atoms with Crippen molar-refractivity contribution in [3.05, 3.63) is 0 Å². The zero-order chi connectivity index (χ0) is 13.9. The first kappa shape index (κ1) is 14.8. The monoisotopic (exact) mass is 268 g/mol. The van der Waals surface area contributed by atoms with Gasteiger partial charge in [0.2, 0.25) is 5.91 Å². The molecule has 2 saturated carbocycles. The third kappa shape index (κ3) is 3.48. The molecule has 2 aliphatic rings. The van der Waals surface area contributed by atoms with Crippen molar-refractivity contribution in [2.24, 2.45) is 23.5 Å². The Morgan fingerprint density at radius 1 is 1.32 bits per heavy atom. The fourth-order valence-electron chi connectivity index (χ4n) is 3.82. The molecule has 2 rings (SSSR count). The summed E-state index contributed by atoms with van der Waals surface area (Å²) in [4.78, 5) is 12.3. The molecule has 110 valence electrons. The van der Waals surface area contributed by atoms with E-state index in [0.717, 1.165) is 38.5 Å². The molecule has 0 saturated heterocycles. The summed E-state index contributed by atoms with van der Waals surface area (Å²) in [5.74, 6) is 1.35. The molecule has 2 aliphatic carbocycles. The van der Waals surface area contributed by atoms with Crippen LogP contribution >= 0.6 is 0 Å². The highest BCUT2D eigenvalue weighted by atomic mass is 16.3. The molecule has 0 bridgehead atoms. The molecule has 0 aromatic carbocycles. The van der Waals surface area contributed by atoms with Crippen molar-refractivity contribution >= 4 is 5.91 Å². The minimum Gasteiger partial charge on any atom is -0.396 e. The highest BCUT2D eigenvalue weighted by Gasteiger charge is 2.38. The highest BCUT2D eigenvalue weighted by molar-refractivity contribution is 5.86. The van der Waals surface area contributed by atoms with E-state index in [9.17, 15) is 9.90 Å². The van der Waals surface area contributed by atoms with Crippen LogP contribution in [0.5, 0.6) is 0 Å². The zero-order valence-electron chi connectivity index (χ0n) is 12.0. The summed E-state index contributed by atoms with van der Waals surface area (Å²) in [6, 6.07) is 0. The number of carbonyl (C=O) groups excluding carboxylic acids is 1. The molecular formula is C15H28N2O2. The molecule has 4 atom stereocenters. The van der Waals surface area contributed by atoms with Crippen LogP contribution < -0.4 is 11.1 Å². The second-order valence-corrected chi connectivity index (χ2v) is 6.70. The summed E-state index contributed by atoms with van der Waals surface area (Å²) in [5, 5.41) is 12.3. The van der Waals surface area contributed by atoms with Gasteiger partial charge in [-0.2, -0.15) is 0 Å². The SMILES string of the molecule is CC1CCCC(N)(C(=O)NCC2CCCC2CO)C1. The topological polar surface area (TPSA) is 75.4 Å². The van der Waals surface area contributed by atoms with Crippen molar-refractivity contribution in [2.45, 2.75) is 57.4 Å². The van der Waals surface area contributed by atoms with Crippen LogP contribution in [0.2, 0.25) is 0 Å². The molecule has 19 heavy (non-hydrogen) atoms. The number of carbonyl (C=O) groups is 1. The number of hydrogen-bond donors (Lipinski definition) is 3. The Kier molecular flexibility index (Phi) is 4.85. The van der Waals surface area contributed by atoms with Gasteiger partial charge in [-0.1, -0.05) is 26.2 Å². The molecule has 4 unspecified atom stereocenters. The lowest BCUT2D eigenvalue weighted by Crippen LogP contribution is -2.56. The van der Waals surface area contributed by atoms with Gasteiger partial charge in [0.05, 0.1) is 5.54 Å². The predicted molar refractivity (Wildman–Crippen MR) is 75.5 cm³/mol. The Morgan fingerprint density at radius 2 is 2.05 bits per heavy atom. The first-order chi connectivity index (χ1) is 9.05. The molecule has 0 aliphatic heterocycles. The lowest BCUT2D eigenvalue weighted by Gasteiger charge is -2.35. The van der Waals surface area contributed by atoms with E-state index in [1.165, 1.54) is 6.42 Å². The van der Waals surface area contributed by atoms with Crippen LogP contribution in [-0.4, -0.2) is 29.7 Å². The maximum Gasteiger partial charge on any atom is 0.240 e. The van der Waals surface area contributed by atoms with Gasteiger partial charge in [-0.15, -0.1) is 0 Å². The molecule has 4 nitrogen and oxygen atoms in total. The predicted octanol–water partition coefficient (Wildman–Crippen LogP) is 1.42. The lowest BCUT2D eigenvalue weighted by atomic mass is 9.76. The van der Waals surface area contributed by atoms with E-state index < -0.39 is 5.54 Å². The summed E-state index contributed by atoms with van der Waals surface area (Å²) >= 11 is 0. The van der Waals surface area contributed by atoms with Crippen LogP contribution in [-0.2, 0) is 4.79 Å². The van der Waals surface area contributed by atoms with E-state index in [1.54, 1.807) is 0 Å². The van der Waals surface area contributed by atoms with Gasteiger partial charge in [0.1, 0.15) is 0 Å². The summed E-state index contributed by atoms with van der Waals surface area (Å²) < 4.78 is 0.